The van der Waals surface area contributed by atoms with E-state index >= 15 is 0 Å². The maximum absolute atomic E-state index is 12.3. The van der Waals surface area contributed by atoms with Gasteiger partial charge >= 0.3 is 5.97 Å². The van der Waals surface area contributed by atoms with E-state index in [9.17, 15) is 4.79 Å². The largest absolute Gasteiger partial charge is 0.462 e. The van der Waals surface area contributed by atoms with Crippen molar-refractivity contribution >= 4 is 33.3 Å². The highest BCUT2D eigenvalue weighted by atomic mass is 32.1. The van der Waals surface area contributed by atoms with Crippen LogP contribution in [0.25, 0.3) is 10.2 Å². The summed E-state index contributed by atoms with van der Waals surface area (Å²) in [5, 5.41) is 4.36. The summed E-state index contributed by atoms with van der Waals surface area (Å²) >= 11 is 1.37. The zero-order chi connectivity index (χ0) is 20.3. The van der Waals surface area contributed by atoms with E-state index in [2.05, 4.69) is 24.4 Å². The molecule has 0 aliphatic rings. The summed E-state index contributed by atoms with van der Waals surface area (Å²) in [7, 11) is 3.97. The van der Waals surface area contributed by atoms with Crippen LogP contribution in [-0.4, -0.2) is 41.5 Å². The SMILES string of the molecule is CCOC(=O)c1sc2nc(CN(C)C)nc(NCc3ccccc3C)c2c1C. The summed E-state index contributed by atoms with van der Waals surface area (Å²) in [4.78, 5) is 25.2. The lowest BCUT2D eigenvalue weighted by Crippen LogP contribution is -2.14. The average Bonchev–Trinajstić information content (AvgIpc) is 2.97. The third-order valence-electron chi connectivity index (χ3n) is 4.46. The monoisotopic (exact) mass is 398 g/mol. The number of carbonyl (C=O) groups is 1. The van der Waals surface area contributed by atoms with E-state index in [1.165, 1.54) is 22.5 Å². The second-order valence-electron chi connectivity index (χ2n) is 6.96. The molecule has 28 heavy (non-hydrogen) atoms. The van der Waals surface area contributed by atoms with E-state index in [4.69, 9.17) is 14.7 Å². The minimum Gasteiger partial charge on any atom is -0.462 e. The van der Waals surface area contributed by atoms with Crippen LogP contribution in [0.3, 0.4) is 0 Å². The minimum absolute atomic E-state index is 0.304. The van der Waals surface area contributed by atoms with E-state index in [1.807, 2.05) is 45.0 Å². The van der Waals surface area contributed by atoms with Crippen LogP contribution in [0.15, 0.2) is 24.3 Å². The van der Waals surface area contributed by atoms with Crippen molar-refractivity contribution in [2.24, 2.45) is 0 Å². The summed E-state index contributed by atoms with van der Waals surface area (Å²) in [5.74, 6) is 1.18. The van der Waals surface area contributed by atoms with Crippen molar-refractivity contribution in [3.63, 3.8) is 0 Å². The lowest BCUT2D eigenvalue weighted by Gasteiger charge is -2.13. The highest BCUT2D eigenvalue weighted by Gasteiger charge is 2.21. The Bertz CT molecular complexity index is 997. The van der Waals surface area contributed by atoms with E-state index in [0.717, 1.165) is 27.4 Å². The van der Waals surface area contributed by atoms with Gasteiger partial charge in [0.25, 0.3) is 0 Å². The fourth-order valence-corrected chi connectivity index (χ4v) is 4.14. The van der Waals surface area contributed by atoms with Gasteiger partial charge in [0.2, 0.25) is 0 Å². The Labute approximate surface area is 169 Å². The predicted octanol–water partition coefficient (Wildman–Crippen LogP) is 4.16. The van der Waals surface area contributed by atoms with E-state index in [1.54, 1.807) is 0 Å². The van der Waals surface area contributed by atoms with E-state index in [-0.39, 0.29) is 5.97 Å². The Morgan fingerprint density at radius 1 is 1.21 bits per heavy atom. The van der Waals surface area contributed by atoms with Gasteiger partial charge in [0.15, 0.2) is 0 Å². The molecule has 2 aromatic heterocycles. The molecule has 0 atom stereocenters. The first-order valence-electron chi connectivity index (χ1n) is 9.31. The molecule has 6 nitrogen and oxygen atoms in total. The Kier molecular flexibility index (Phi) is 6.26. The normalized spacial score (nSPS) is 11.2. The second kappa shape index (κ2) is 8.67. The number of esters is 1. The number of carbonyl (C=O) groups excluding carboxylic acids is 1. The topological polar surface area (TPSA) is 67.3 Å². The number of nitrogens with zero attached hydrogens (tertiary/aromatic N) is 3. The van der Waals surface area contributed by atoms with Gasteiger partial charge in [0.05, 0.1) is 18.5 Å². The van der Waals surface area contributed by atoms with Crippen molar-refractivity contribution in [2.75, 3.05) is 26.0 Å². The quantitative estimate of drug-likeness (QED) is 0.603. The molecule has 0 bridgehead atoms. The summed E-state index contributed by atoms with van der Waals surface area (Å²) in [6, 6.07) is 8.27. The Balaban J connectivity index is 2.04. The van der Waals surface area contributed by atoms with E-state index in [0.29, 0.717) is 24.6 Å². The number of aryl methyl sites for hydroxylation is 2. The number of nitrogens with one attached hydrogen (secondary N) is 1. The lowest BCUT2D eigenvalue weighted by molar-refractivity contribution is 0.0531. The molecule has 0 spiro atoms. The van der Waals surface area contributed by atoms with Crippen molar-refractivity contribution in [3.8, 4) is 0 Å². The number of fused-ring (bicyclic) bond motifs is 1. The van der Waals surface area contributed by atoms with Gasteiger partial charge in [-0.1, -0.05) is 24.3 Å². The minimum atomic E-state index is -0.304. The molecule has 0 aliphatic carbocycles. The molecule has 0 saturated carbocycles. The van der Waals surface area contributed by atoms with Crippen LogP contribution < -0.4 is 5.32 Å². The van der Waals surface area contributed by atoms with Gasteiger partial charge in [-0.15, -0.1) is 11.3 Å². The van der Waals surface area contributed by atoms with Crippen molar-refractivity contribution in [2.45, 2.75) is 33.9 Å². The molecule has 0 radical (unpaired) electrons. The summed E-state index contributed by atoms with van der Waals surface area (Å²) in [6.07, 6.45) is 0. The number of hydrogen-bond donors (Lipinski definition) is 1. The molecule has 3 rings (SSSR count). The molecule has 0 saturated heterocycles. The van der Waals surface area contributed by atoms with Crippen molar-refractivity contribution < 1.29 is 9.53 Å². The van der Waals surface area contributed by atoms with Crippen LogP contribution in [0.4, 0.5) is 5.82 Å². The van der Waals surface area contributed by atoms with Crippen molar-refractivity contribution in [1.82, 2.24) is 14.9 Å². The third-order valence-corrected chi connectivity index (χ3v) is 5.63. The number of rotatable bonds is 7. The molecule has 0 aliphatic heterocycles. The van der Waals surface area contributed by atoms with Gasteiger partial charge in [-0.2, -0.15) is 0 Å². The molecule has 0 amide bonds. The molecule has 2 heterocycles. The van der Waals surface area contributed by atoms with Crippen molar-refractivity contribution in [1.29, 1.82) is 0 Å². The van der Waals surface area contributed by atoms with Gasteiger partial charge in [0.1, 0.15) is 21.3 Å². The van der Waals surface area contributed by atoms with Crippen LogP contribution in [0.5, 0.6) is 0 Å². The first kappa shape index (κ1) is 20.2. The number of benzene rings is 1. The van der Waals surface area contributed by atoms with E-state index < -0.39 is 0 Å². The third kappa shape index (κ3) is 4.31. The molecular formula is C21H26N4O2S. The first-order chi connectivity index (χ1) is 13.4. The molecule has 1 aromatic carbocycles. The highest BCUT2D eigenvalue weighted by molar-refractivity contribution is 7.20. The lowest BCUT2D eigenvalue weighted by atomic mass is 10.1. The van der Waals surface area contributed by atoms with Gasteiger partial charge < -0.3 is 15.0 Å². The summed E-state index contributed by atoms with van der Waals surface area (Å²) in [5.41, 5.74) is 3.30. The van der Waals surface area contributed by atoms with Crippen LogP contribution in [-0.2, 0) is 17.8 Å². The standard InChI is InChI=1S/C21H26N4O2S/c1-6-27-21(26)18-14(3)17-19(22-11-15-10-8-7-9-13(15)2)23-16(12-25(4)5)24-20(17)28-18/h7-10H,6,11-12H2,1-5H3,(H,22,23,24). The maximum Gasteiger partial charge on any atom is 0.348 e. The van der Waals surface area contributed by atoms with Gasteiger partial charge in [0, 0.05) is 6.54 Å². The van der Waals surface area contributed by atoms with Crippen LogP contribution >= 0.6 is 11.3 Å². The summed E-state index contributed by atoms with van der Waals surface area (Å²) in [6.45, 7) is 7.47. The fraction of sp³-hybridized carbons (Fsp3) is 0.381. The van der Waals surface area contributed by atoms with Gasteiger partial charge in [-0.3, -0.25) is 0 Å². The average molecular weight is 399 g/mol. The molecule has 3 aromatic rings. The Hall–Kier alpha value is -2.51. The second-order valence-corrected chi connectivity index (χ2v) is 7.96. The van der Waals surface area contributed by atoms with Gasteiger partial charge in [-0.05, 0) is 51.6 Å². The first-order valence-corrected chi connectivity index (χ1v) is 10.1. The highest BCUT2D eigenvalue weighted by Crippen LogP contribution is 2.34. The smallest absolute Gasteiger partial charge is 0.348 e. The number of anilines is 1. The molecule has 7 heteroatoms. The molecule has 0 fully saturated rings. The number of thiophene rings is 1. The molecule has 148 valence electrons. The fourth-order valence-electron chi connectivity index (χ4n) is 3.04. The molecule has 1 N–H and O–H groups in total. The van der Waals surface area contributed by atoms with Crippen LogP contribution in [0.1, 0.15) is 39.1 Å². The number of aromatic nitrogens is 2. The predicted molar refractivity (Wildman–Crippen MR) is 114 cm³/mol. The number of hydrogen-bond acceptors (Lipinski definition) is 7. The zero-order valence-electron chi connectivity index (χ0n) is 17.0. The molecule has 0 unspecified atom stereocenters. The van der Waals surface area contributed by atoms with Crippen LogP contribution in [0, 0.1) is 13.8 Å². The Morgan fingerprint density at radius 2 is 1.96 bits per heavy atom. The maximum atomic E-state index is 12.3. The summed E-state index contributed by atoms with van der Waals surface area (Å²) < 4.78 is 5.21. The number of ether oxygens (including phenoxy) is 1. The zero-order valence-corrected chi connectivity index (χ0v) is 17.8. The molecular weight excluding hydrogens is 372 g/mol. The van der Waals surface area contributed by atoms with Crippen LogP contribution in [0.2, 0.25) is 0 Å². The van der Waals surface area contributed by atoms with Gasteiger partial charge in [-0.25, -0.2) is 14.8 Å². The van der Waals surface area contributed by atoms with Crippen molar-refractivity contribution in [3.05, 3.63) is 51.7 Å². The Morgan fingerprint density at radius 3 is 2.64 bits per heavy atom.